The molecule has 0 unspecified atom stereocenters. The number of nitrogens with zero attached hydrogens (tertiary/aromatic N) is 2. The summed E-state index contributed by atoms with van der Waals surface area (Å²) >= 11 is 0. The highest BCUT2D eigenvalue weighted by Crippen LogP contribution is 2.29. The monoisotopic (exact) mass is 518 g/mol. The maximum atomic E-state index is 13.6. The van der Waals surface area contributed by atoms with Crippen LogP contribution in [0, 0.1) is 5.41 Å². The zero-order valence-corrected chi connectivity index (χ0v) is 23.1. The van der Waals surface area contributed by atoms with Gasteiger partial charge in [-0.3, -0.25) is 9.59 Å². The van der Waals surface area contributed by atoms with Gasteiger partial charge in [-0.15, -0.1) is 0 Å². The van der Waals surface area contributed by atoms with Gasteiger partial charge in [-0.2, -0.15) is 0 Å². The van der Waals surface area contributed by atoms with Crippen LogP contribution in [-0.2, 0) is 6.54 Å². The number of carbonyl (C=O) groups excluding carboxylic acids is 2. The van der Waals surface area contributed by atoms with E-state index >= 15 is 0 Å². The Labute approximate surface area is 225 Å². The predicted octanol–water partition coefficient (Wildman–Crippen LogP) is 4.65. The van der Waals surface area contributed by atoms with E-state index < -0.39 is 0 Å². The van der Waals surface area contributed by atoms with E-state index in [2.05, 4.69) is 5.32 Å². The molecule has 0 bridgehead atoms. The predicted molar refractivity (Wildman–Crippen MR) is 152 cm³/mol. The highest BCUT2D eigenvalue weighted by atomic mass is 16.5. The Morgan fingerprint density at radius 2 is 1.55 bits per heavy atom. The van der Waals surface area contributed by atoms with Gasteiger partial charge in [0.05, 0.1) is 14.2 Å². The molecule has 3 aromatic carbocycles. The van der Waals surface area contributed by atoms with Crippen LogP contribution in [0.2, 0.25) is 0 Å². The standard InChI is InChI=1S/C30H38N4O4/c1-30(2,19-31)20-34(29(36)23-12-15-26(37-5)27(17-23)38-6)18-21-8-7-9-24(16-21)32-28(35)22-10-13-25(14-11-22)33(3)4/h7-17H,18-20,31H2,1-6H3,(H,32,35). The van der Waals surface area contributed by atoms with E-state index in [9.17, 15) is 9.59 Å². The van der Waals surface area contributed by atoms with Crippen LogP contribution >= 0.6 is 0 Å². The van der Waals surface area contributed by atoms with E-state index in [0.29, 0.717) is 47.9 Å². The van der Waals surface area contributed by atoms with E-state index in [-0.39, 0.29) is 17.2 Å². The number of anilines is 2. The van der Waals surface area contributed by atoms with Crippen LogP contribution in [0.3, 0.4) is 0 Å². The van der Waals surface area contributed by atoms with Gasteiger partial charge in [0.1, 0.15) is 0 Å². The van der Waals surface area contributed by atoms with E-state index in [4.69, 9.17) is 15.2 Å². The molecule has 0 fully saturated rings. The minimum absolute atomic E-state index is 0.150. The summed E-state index contributed by atoms with van der Waals surface area (Å²) in [6.45, 7) is 5.27. The fourth-order valence-corrected chi connectivity index (χ4v) is 4.01. The lowest BCUT2D eigenvalue weighted by Gasteiger charge is -2.32. The molecule has 0 saturated heterocycles. The highest BCUT2D eigenvalue weighted by molar-refractivity contribution is 6.04. The molecule has 38 heavy (non-hydrogen) atoms. The first-order valence-corrected chi connectivity index (χ1v) is 12.5. The van der Waals surface area contributed by atoms with Crippen LogP contribution in [0.5, 0.6) is 11.5 Å². The minimum Gasteiger partial charge on any atom is -0.493 e. The van der Waals surface area contributed by atoms with Crippen LogP contribution in [0.1, 0.15) is 40.1 Å². The molecular formula is C30H38N4O4. The zero-order valence-electron chi connectivity index (χ0n) is 23.1. The van der Waals surface area contributed by atoms with Gasteiger partial charge in [0.15, 0.2) is 11.5 Å². The van der Waals surface area contributed by atoms with Gasteiger partial charge >= 0.3 is 0 Å². The van der Waals surface area contributed by atoms with Crippen molar-refractivity contribution in [1.29, 1.82) is 0 Å². The number of nitrogens with one attached hydrogen (secondary N) is 1. The number of carbonyl (C=O) groups is 2. The van der Waals surface area contributed by atoms with Crippen molar-refractivity contribution in [2.75, 3.05) is 51.6 Å². The summed E-state index contributed by atoms with van der Waals surface area (Å²) < 4.78 is 10.7. The lowest BCUT2D eigenvalue weighted by Crippen LogP contribution is -2.41. The van der Waals surface area contributed by atoms with Crippen molar-refractivity contribution < 1.29 is 19.1 Å². The maximum Gasteiger partial charge on any atom is 0.255 e. The third-order valence-electron chi connectivity index (χ3n) is 6.29. The van der Waals surface area contributed by atoms with E-state index in [1.165, 1.54) is 7.11 Å². The van der Waals surface area contributed by atoms with Crippen molar-refractivity contribution in [2.45, 2.75) is 20.4 Å². The van der Waals surface area contributed by atoms with Crippen molar-refractivity contribution in [3.05, 3.63) is 83.4 Å². The van der Waals surface area contributed by atoms with Crippen LogP contribution in [0.4, 0.5) is 11.4 Å². The highest BCUT2D eigenvalue weighted by Gasteiger charge is 2.26. The van der Waals surface area contributed by atoms with E-state index in [1.54, 1.807) is 42.3 Å². The normalized spacial score (nSPS) is 11.0. The van der Waals surface area contributed by atoms with Gasteiger partial charge in [-0.25, -0.2) is 0 Å². The first-order chi connectivity index (χ1) is 18.1. The number of hydrogen-bond acceptors (Lipinski definition) is 6. The molecule has 0 aliphatic carbocycles. The molecular weight excluding hydrogens is 480 g/mol. The van der Waals surface area contributed by atoms with Crippen molar-refractivity contribution in [2.24, 2.45) is 11.1 Å². The summed E-state index contributed by atoms with van der Waals surface area (Å²) in [5, 5.41) is 2.96. The van der Waals surface area contributed by atoms with Crippen molar-refractivity contribution in [3.63, 3.8) is 0 Å². The number of benzene rings is 3. The number of methoxy groups -OCH3 is 2. The topological polar surface area (TPSA) is 97.1 Å². The maximum absolute atomic E-state index is 13.6. The average Bonchev–Trinajstić information content (AvgIpc) is 2.92. The molecule has 0 aromatic heterocycles. The SMILES string of the molecule is COc1ccc(C(=O)N(Cc2cccc(NC(=O)c3ccc(N(C)C)cc3)c2)CC(C)(C)CN)cc1OC. The van der Waals surface area contributed by atoms with Crippen LogP contribution in [0.15, 0.2) is 66.7 Å². The molecule has 3 rings (SSSR count). The Hall–Kier alpha value is -4.04. The molecule has 0 spiro atoms. The molecule has 202 valence electrons. The summed E-state index contributed by atoms with van der Waals surface area (Å²) in [4.78, 5) is 30.2. The zero-order chi connectivity index (χ0) is 27.9. The molecule has 0 atom stereocenters. The third-order valence-corrected chi connectivity index (χ3v) is 6.29. The molecule has 8 nitrogen and oxygen atoms in total. The number of rotatable bonds is 11. The van der Waals surface area contributed by atoms with Crippen LogP contribution < -0.4 is 25.4 Å². The third kappa shape index (κ3) is 7.26. The Bertz CT molecular complexity index is 1260. The molecule has 0 aliphatic heterocycles. The number of amides is 2. The fourth-order valence-electron chi connectivity index (χ4n) is 4.01. The smallest absolute Gasteiger partial charge is 0.255 e. The Morgan fingerprint density at radius 3 is 2.16 bits per heavy atom. The first kappa shape index (κ1) is 28.5. The summed E-state index contributed by atoms with van der Waals surface area (Å²) in [6.07, 6.45) is 0. The van der Waals surface area contributed by atoms with Crippen molar-refractivity contribution >= 4 is 23.2 Å². The number of hydrogen-bond donors (Lipinski definition) is 2. The molecule has 0 radical (unpaired) electrons. The molecule has 2 amide bonds. The van der Waals surface area contributed by atoms with Gasteiger partial charge in [-0.1, -0.05) is 26.0 Å². The Morgan fingerprint density at radius 1 is 0.895 bits per heavy atom. The van der Waals surface area contributed by atoms with Crippen LogP contribution in [-0.4, -0.2) is 58.1 Å². The summed E-state index contributed by atoms with van der Waals surface area (Å²) in [5.41, 5.74) is 9.32. The van der Waals surface area contributed by atoms with Crippen LogP contribution in [0.25, 0.3) is 0 Å². The van der Waals surface area contributed by atoms with Crippen molar-refractivity contribution in [1.82, 2.24) is 4.90 Å². The lowest BCUT2D eigenvalue weighted by molar-refractivity contribution is 0.0672. The second-order valence-corrected chi connectivity index (χ2v) is 10.2. The second-order valence-electron chi connectivity index (χ2n) is 10.2. The molecule has 8 heteroatoms. The summed E-state index contributed by atoms with van der Waals surface area (Å²) in [5.74, 6) is 0.690. The summed E-state index contributed by atoms with van der Waals surface area (Å²) in [6, 6.07) is 20.1. The van der Waals surface area contributed by atoms with E-state index in [1.807, 2.05) is 69.2 Å². The summed E-state index contributed by atoms with van der Waals surface area (Å²) in [7, 11) is 7.00. The first-order valence-electron chi connectivity index (χ1n) is 12.5. The molecule has 3 N–H and O–H groups in total. The number of nitrogens with two attached hydrogens (primary N) is 1. The van der Waals surface area contributed by atoms with Gasteiger partial charge < -0.3 is 30.3 Å². The quantitative estimate of drug-likeness (QED) is 0.384. The van der Waals surface area contributed by atoms with Gasteiger partial charge in [0.2, 0.25) is 0 Å². The Balaban J connectivity index is 1.83. The van der Waals surface area contributed by atoms with Crippen molar-refractivity contribution in [3.8, 4) is 11.5 Å². The van der Waals surface area contributed by atoms with Gasteiger partial charge in [-0.05, 0) is 72.1 Å². The lowest BCUT2D eigenvalue weighted by atomic mass is 9.92. The second kappa shape index (κ2) is 12.5. The largest absolute Gasteiger partial charge is 0.493 e. The molecule has 0 aliphatic rings. The van der Waals surface area contributed by atoms with Gasteiger partial charge in [0, 0.05) is 49.7 Å². The fraction of sp³-hybridized carbons (Fsp3) is 0.333. The average molecular weight is 519 g/mol. The van der Waals surface area contributed by atoms with E-state index in [0.717, 1.165) is 11.3 Å². The molecule has 3 aromatic rings. The van der Waals surface area contributed by atoms with Gasteiger partial charge in [0.25, 0.3) is 11.8 Å². The molecule has 0 heterocycles. The Kier molecular flexibility index (Phi) is 9.36. The minimum atomic E-state index is -0.295. The number of ether oxygens (including phenoxy) is 2. The molecule has 0 saturated carbocycles.